The Hall–Kier alpha value is -0.610. The number of nitrogens with zero attached hydrogens (tertiary/aromatic N) is 1. The Bertz CT molecular complexity index is 196. The fourth-order valence-corrected chi connectivity index (χ4v) is 2.24. The molecular weight excluding hydrogens is 178 g/mol. The van der Waals surface area contributed by atoms with Gasteiger partial charge in [0.25, 0.3) is 5.91 Å². The molecule has 2 unspecified atom stereocenters. The van der Waals surface area contributed by atoms with Gasteiger partial charge in [0.05, 0.1) is 6.04 Å². The molecule has 1 amide bonds. The molecule has 0 aromatic carbocycles. The van der Waals surface area contributed by atoms with Crippen molar-refractivity contribution >= 4 is 5.91 Å². The summed E-state index contributed by atoms with van der Waals surface area (Å²) in [4.78, 5) is 13.7. The van der Waals surface area contributed by atoms with E-state index in [1.807, 2.05) is 6.92 Å². The summed E-state index contributed by atoms with van der Waals surface area (Å²) in [5.74, 6) is 5.06. The molecule has 0 aromatic heterocycles. The van der Waals surface area contributed by atoms with Crippen LogP contribution >= 0.6 is 0 Å². The largest absolute Gasteiger partial charge is 0.293 e. The minimum atomic E-state index is -0.0924. The molecule has 1 saturated heterocycles. The van der Waals surface area contributed by atoms with Crippen LogP contribution in [0.5, 0.6) is 0 Å². The van der Waals surface area contributed by atoms with Crippen molar-refractivity contribution in [1.82, 2.24) is 10.3 Å². The van der Waals surface area contributed by atoms with Crippen LogP contribution in [0.25, 0.3) is 0 Å². The molecule has 1 fully saturated rings. The van der Waals surface area contributed by atoms with Crippen LogP contribution in [0, 0.1) is 0 Å². The summed E-state index contributed by atoms with van der Waals surface area (Å²) in [6.07, 6.45) is 4.80. The van der Waals surface area contributed by atoms with Crippen molar-refractivity contribution in [2.45, 2.75) is 51.6 Å². The Kier molecular flexibility index (Phi) is 4.35. The van der Waals surface area contributed by atoms with Gasteiger partial charge < -0.3 is 0 Å². The van der Waals surface area contributed by atoms with Crippen molar-refractivity contribution in [1.29, 1.82) is 0 Å². The number of nitrogens with one attached hydrogen (secondary N) is 1. The van der Waals surface area contributed by atoms with Gasteiger partial charge in [-0.25, -0.2) is 5.84 Å². The van der Waals surface area contributed by atoms with Crippen LogP contribution in [0.3, 0.4) is 0 Å². The van der Waals surface area contributed by atoms with Gasteiger partial charge in [0.15, 0.2) is 0 Å². The zero-order valence-corrected chi connectivity index (χ0v) is 9.12. The van der Waals surface area contributed by atoms with E-state index in [4.69, 9.17) is 5.84 Å². The molecule has 1 aliphatic rings. The number of hydrogen-bond donors (Lipinski definition) is 2. The van der Waals surface area contributed by atoms with E-state index < -0.39 is 0 Å². The second-order valence-electron chi connectivity index (χ2n) is 3.98. The van der Waals surface area contributed by atoms with Crippen LogP contribution in [-0.2, 0) is 4.79 Å². The molecule has 0 bridgehead atoms. The summed E-state index contributed by atoms with van der Waals surface area (Å²) in [5.41, 5.74) is 2.23. The highest BCUT2D eigenvalue weighted by molar-refractivity contribution is 5.80. The van der Waals surface area contributed by atoms with Gasteiger partial charge in [0.2, 0.25) is 0 Å². The van der Waals surface area contributed by atoms with Crippen LogP contribution in [0.4, 0.5) is 0 Å². The molecule has 0 spiro atoms. The number of carbonyl (C=O) groups is 1. The highest BCUT2D eigenvalue weighted by atomic mass is 16.2. The lowest BCUT2D eigenvalue weighted by molar-refractivity contribution is -0.127. The third-order valence-electron chi connectivity index (χ3n) is 3.16. The lowest BCUT2D eigenvalue weighted by atomic mass is 9.98. The Balaban J connectivity index is 2.58. The molecule has 14 heavy (non-hydrogen) atoms. The molecule has 1 heterocycles. The summed E-state index contributed by atoms with van der Waals surface area (Å²) in [5, 5.41) is 0. The molecule has 4 nitrogen and oxygen atoms in total. The van der Waals surface area contributed by atoms with Crippen LogP contribution < -0.4 is 11.3 Å². The zero-order valence-electron chi connectivity index (χ0n) is 9.12. The van der Waals surface area contributed by atoms with Crippen LogP contribution in [0.15, 0.2) is 0 Å². The first-order chi connectivity index (χ1) is 6.70. The molecule has 0 radical (unpaired) electrons. The Morgan fingerprint density at radius 2 is 2.36 bits per heavy atom. The highest BCUT2D eigenvalue weighted by Gasteiger charge is 2.28. The van der Waals surface area contributed by atoms with Crippen molar-refractivity contribution in [3.05, 3.63) is 0 Å². The van der Waals surface area contributed by atoms with Crippen LogP contribution in [0.2, 0.25) is 0 Å². The van der Waals surface area contributed by atoms with Crippen LogP contribution in [0.1, 0.15) is 39.5 Å². The molecule has 82 valence electrons. The van der Waals surface area contributed by atoms with Crippen molar-refractivity contribution in [3.8, 4) is 0 Å². The van der Waals surface area contributed by atoms with Crippen molar-refractivity contribution in [2.75, 3.05) is 6.54 Å². The third kappa shape index (κ3) is 2.45. The fraction of sp³-hybridized carbons (Fsp3) is 0.900. The van der Waals surface area contributed by atoms with E-state index in [1.54, 1.807) is 0 Å². The minimum absolute atomic E-state index is 0.0784. The predicted octanol–water partition coefficient (Wildman–Crippen LogP) is 0.629. The zero-order chi connectivity index (χ0) is 10.6. The number of amides is 1. The number of nitrogens with two attached hydrogens (primary N) is 1. The van der Waals surface area contributed by atoms with Gasteiger partial charge in [0.1, 0.15) is 0 Å². The molecular formula is C10H21N3O. The Labute approximate surface area is 85.8 Å². The number of likely N-dealkylation sites (tertiary alicyclic amines) is 1. The van der Waals surface area contributed by atoms with Gasteiger partial charge in [-0.15, -0.1) is 0 Å². The maximum Gasteiger partial charge on any atom is 0.250 e. The highest BCUT2D eigenvalue weighted by Crippen LogP contribution is 2.21. The normalized spacial score (nSPS) is 25.8. The average molecular weight is 199 g/mol. The number of carbonyl (C=O) groups excluding carboxylic acids is 1. The summed E-state index contributed by atoms with van der Waals surface area (Å²) in [6.45, 7) is 5.12. The number of hydrazine groups is 1. The third-order valence-corrected chi connectivity index (χ3v) is 3.16. The van der Waals surface area contributed by atoms with E-state index in [-0.39, 0.29) is 11.9 Å². The smallest absolute Gasteiger partial charge is 0.250 e. The fourth-order valence-electron chi connectivity index (χ4n) is 2.24. The summed E-state index contributed by atoms with van der Waals surface area (Å²) in [7, 11) is 0. The molecule has 0 aliphatic carbocycles. The SMILES string of the molecule is CCC1CCCCN1C(C)C(=O)NN. The van der Waals surface area contributed by atoms with Crippen LogP contribution in [-0.4, -0.2) is 29.4 Å². The Morgan fingerprint density at radius 1 is 1.64 bits per heavy atom. The standard InChI is InChI=1S/C10H21N3O/c1-3-9-6-4-5-7-13(9)8(2)10(14)12-11/h8-9H,3-7,11H2,1-2H3,(H,12,14). The number of hydrogen-bond acceptors (Lipinski definition) is 3. The van der Waals surface area contributed by atoms with Gasteiger partial charge in [-0.3, -0.25) is 15.1 Å². The maximum absolute atomic E-state index is 11.4. The van der Waals surface area contributed by atoms with E-state index in [0.717, 1.165) is 13.0 Å². The molecule has 1 rings (SSSR count). The first-order valence-corrected chi connectivity index (χ1v) is 5.47. The van der Waals surface area contributed by atoms with Crippen molar-refractivity contribution in [3.63, 3.8) is 0 Å². The monoisotopic (exact) mass is 199 g/mol. The molecule has 0 saturated carbocycles. The molecule has 4 heteroatoms. The van der Waals surface area contributed by atoms with E-state index in [2.05, 4.69) is 17.2 Å². The first-order valence-electron chi connectivity index (χ1n) is 5.47. The predicted molar refractivity (Wildman–Crippen MR) is 56.4 cm³/mol. The van der Waals surface area contributed by atoms with Gasteiger partial charge in [-0.05, 0) is 32.7 Å². The lowest BCUT2D eigenvalue weighted by Gasteiger charge is -2.38. The maximum atomic E-state index is 11.4. The second-order valence-corrected chi connectivity index (χ2v) is 3.98. The minimum Gasteiger partial charge on any atom is -0.293 e. The van der Waals surface area contributed by atoms with Crippen molar-refractivity contribution < 1.29 is 4.79 Å². The summed E-state index contributed by atoms with van der Waals surface area (Å²) < 4.78 is 0. The van der Waals surface area contributed by atoms with E-state index >= 15 is 0 Å². The molecule has 3 N–H and O–H groups in total. The average Bonchev–Trinajstić information content (AvgIpc) is 2.26. The number of rotatable bonds is 3. The van der Waals surface area contributed by atoms with E-state index in [9.17, 15) is 4.79 Å². The second kappa shape index (κ2) is 5.32. The van der Waals surface area contributed by atoms with E-state index in [0.29, 0.717) is 6.04 Å². The first kappa shape index (κ1) is 11.5. The summed E-state index contributed by atoms with van der Waals surface area (Å²) in [6, 6.07) is 0.460. The van der Waals surface area contributed by atoms with Gasteiger partial charge in [0, 0.05) is 6.04 Å². The molecule has 0 aromatic rings. The summed E-state index contributed by atoms with van der Waals surface area (Å²) >= 11 is 0. The van der Waals surface area contributed by atoms with Gasteiger partial charge in [-0.1, -0.05) is 13.3 Å². The van der Waals surface area contributed by atoms with Crippen molar-refractivity contribution in [2.24, 2.45) is 5.84 Å². The Morgan fingerprint density at radius 3 is 2.93 bits per heavy atom. The van der Waals surface area contributed by atoms with Gasteiger partial charge >= 0.3 is 0 Å². The quantitative estimate of drug-likeness (QED) is 0.398. The lowest BCUT2D eigenvalue weighted by Crippen LogP contribution is -2.52. The molecule has 2 atom stereocenters. The number of piperidine rings is 1. The van der Waals surface area contributed by atoms with Gasteiger partial charge in [-0.2, -0.15) is 0 Å². The molecule has 1 aliphatic heterocycles. The topological polar surface area (TPSA) is 58.4 Å². The van der Waals surface area contributed by atoms with E-state index in [1.165, 1.54) is 19.3 Å².